The zero-order valence-corrected chi connectivity index (χ0v) is 13.1. The van der Waals surface area contributed by atoms with E-state index in [4.69, 9.17) is 14.0 Å². The van der Waals surface area contributed by atoms with Crippen molar-refractivity contribution in [2.24, 2.45) is 5.41 Å². The third kappa shape index (κ3) is 2.98. The van der Waals surface area contributed by atoms with Crippen LogP contribution < -0.4 is 5.32 Å². The maximum atomic E-state index is 5.82. The van der Waals surface area contributed by atoms with Crippen molar-refractivity contribution in [3.05, 3.63) is 11.7 Å². The molecule has 0 spiro atoms. The molecule has 1 N–H and O–H groups in total. The van der Waals surface area contributed by atoms with E-state index < -0.39 is 5.60 Å². The highest BCUT2D eigenvalue weighted by Crippen LogP contribution is 2.46. The highest BCUT2D eigenvalue weighted by Gasteiger charge is 2.43. The lowest BCUT2D eigenvalue weighted by Crippen LogP contribution is -2.37. The maximum Gasteiger partial charge on any atom is 0.257 e. The second-order valence-electron chi connectivity index (χ2n) is 6.88. The van der Waals surface area contributed by atoms with Gasteiger partial charge >= 0.3 is 0 Å². The van der Waals surface area contributed by atoms with Gasteiger partial charge in [0.1, 0.15) is 11.7 Å². The Kier molecular flexibility index (Phi) is 4.03. The molecule has 0 amide bonds. The molecule has 6 nitrogen and oxygen atoms in total. The van der Waals surface area contributed by atoms with Crippen molar-refractivity contribution in [1.82, 2.24) is 15.5 Å². The minimum absolute atomic E-state index is 0.145. The molecule has 0 bridgehead atoms. The summed E-state index contributed by atoms with van der Waals surface area (Å²) < 4.78 is 16.9. The van der Waals surface area contributed by atoms with Crippen molar-refractivity contribution in [3.8, 4) is 0 Å². The lowest BCUT2D eigenvalue weighted by atomic mass is 9.70. The molecule has 1 saturated heterocycles. The number of hydrogen-bond acceptors (Lipinski definition) is 6. The first kappa shape index (κ1) is 14.9. The molecule has 0 aromatic carbocycles. The fourth-order valence-electron chi connectivity index (χ4n) is 3.12. The van der Waals surface area contributed by atoms with Crippen molar-refractivity contribution in [3.63, 3.8) is 0 Å². The number of ether oxygens (including phenoxy) is 2. The maximum absolute atomic E-state index is 5.82. The van der Waals surface area contributed by atoms with Crippen LogP contribution in [0.25, 0.3) is 0 Å². The molecule has 1 aliphatic heterocycles. The summed E-state index contributed by atoms with van der Waals surface area (Å²) in [5, 5.41) is 7.46. The summed E-state index contributed by atoms with van der Waals surface area (Å²) in [7, 11) is 1.74. The first-order chi connectivity index (χ1) is 10.0. The van der Waals surface area contributed by atoms with Gasteiger partial charge in [0.25, 0.3) is 5.89 Å². The molecule has 0 radical (unpaired) electrons. The van der Waals surface area contributed by atoms with Gasteiger partial charge in [0.2, 0.25) is 5.82 Å². The molecule has 1 aliphatic carbocycles. The minimum atomic E-state index is -0.403. The monoisotopic (exact) mass is 295 g/mol. The molecule has 6 heteroatoms. The molecule has 2 heterocycles. The topological polar surface area (TPSA) is 69.4 Å². The Bertz CT molecular complexity index is 470. The fourth-order valence-corrected chi connectivity index (χ4v) is 3.12. The summed E-state index contributed by atoms with van der Waals surface area (Å²) in [4.78, 5) is 4.58. The average Bonchev–Trinajstić information content (AvgIpc) is 2.99. The van der Waals surface area contributed by atoms with Gasteiger partial charge in [-0.15, -0.1) is 0 Å². The predicted molar refractivity (Wildman–Crippen MR) is 76.8 cm³/mol. The fraction of sp³-hybridized carbons (Fsp3) is 0.867. The van der Waals surface area contributed by atoms with Crippen molar-refractivity contribution in [1.29, 1.82) is 0 Å². The molecule has 2 fully saturated rings. The summed E-state index contributed by atoms with van der Waals surface area (Å²) in [6, 6.07) is 0. The van der Waals surface area contributed by atoms with Crippen LogP contribution in [0, 0.1) is 5.41 Å². The number of nitrogens with zero attached hydrogens (tertiary/aromatic N) is 2. The highest BCUT2D eigenvalue weighted by atomic mass is 16.5. The summed E-state index contributed by atoms with van der Waals surface area (Å²) in [5.74, 6) is 1.23. The third-order valence-corrected chi connectivity index (χ3v) is 4.85. The van der Waals surface area contributed by atoms with Crippen molar-refractivity contribution in [2.45, 2.75) is 51.2 Å². The van der Waals surface area contributed by atoms with Crippen LogP contribution in [0.2, 0.25) is 0 Å². The van der Waals surface area contributed by atoms with Gasteiger partial charge in [-0.05, 0) is 31.1 Å². The first-order valence-electron chi connectivity index (χ1n) is 7.76. The van der Waals surface area contributed by atoms with Crippen LogP contribution in [-0.2, 0) is 15.1 Å². The lowest BCUT2D eigenvalue weighted by Gasteiger charge is -2.40. The van der Waals surface area contributed by atoms with Crippen LogP contribution in [0.5, 0.6) is 0 Å². The van der Waals surface area contributed by atoms with Crippen molar-refractivity contribution >= 4 is 0 Å². The van der Waals surface area contributed by atoms with Gasteiger partial charge in [-0.3, -0.25) is 0 Å². The Balaban J connectivity index is 1.77. The van der Waals surface area contributed by atoms with Crippen molar-refractivity contribution < 1.29 is 14.0 Å². The SMILES string of the molecule is COC1(c2noc(C3CNCCO3)n2)CCC(C)(C)CC1. The zero-order valence-electron chi connectivity index (χ0n) is 13.1. The van der Waals surface area contributed by atoms with Gasteiger partial charge in [0, 0.05) is 20.2 Å². The molecule has 1 aromatic heterocycles. The Hall–Kier alpha value is -0.980. The van der Waals surface area contributed by atoms with Gasteiger partial charge in [-0.2, -0.15) is 4.98 Å². The van der Waals surface area contributed by atoms with Crippen LogP contribution in [0.3, 0.4) is 0 Å². The molecular weight excluding hydrogens is 270 g/mol. The van der Waals surface area contributed by atoms with E-state index in [0.717, 1.165) is 32.2 Å². The van der Waals surface area contributed by atoms with E-state index in [2.05, 4.69) is 29.3 Å². The van der Waals surface area contributed by atoms with Gasteiger partial charge in [-0.25, -0.2) is 0 Å². The van der Waals surface area contributed by atoms with Crippen LogP contribution in [0.15, 0.2) is 4.52 Å². The van der Waals surface area contributed by atoms with E-state index in [-0.39, 0.29) is 6.10 Å². The number of rotatable bonds is 3. The first-order valence-corrected chi connectivity index (χ1v) is 7.76. The minimum Gasteiger partial charge on any atom is -0.370 e. The number of methoxy groups -OCH3 is 1. The smallest absolute Gasteiger partial charge is 0.257 e. The van der Waals surface area contributed by atoms with Crippen LogP contribution in [0.1, 0.15) is 57.3 Å². The molecule has 2 aliphatic rings. The number of nitrogens with one attached hydrogen (secondary N) is 1. The lowest BCUT2D eigenvalue weighted by molar-refractivity contribution is -0.0740. The molecule has 1 saturated carbocycles. The summed E-state index contributed by atoms with van der Waals surface area (Å²) in [5.41, 5.74) is -0.0373. The molecule has 1 aromatic rings. The van der Waals surface area contributed by atoms with Crippen LogP contribution in [0.4, 0.5) is 0 Å². The van der Waals surface area contributed by atoms with E-state index in [1.165, 1.54) is 0 Å². The van der Waals surface area contributed by atoms with Gasteiger partial charge in [0.15, 0.2) is 0 Å². The molecule has 118 valence electrons. The van der Waals surface area contributed by atoms with E-state index in [1.54, 1.807) is 7.11 Å². The Labute approximate surface area is 125 Å². The Morgan fingerprint density at radius 1 is 1.24 bits per heavy atom. The summed E-state index contributed by atoms with van der Waals surface area (Å²) in [6.45, 7) is 6.86. The number of morpholine rings is 1. The molecular formula is C15H25N3O3. The van der Waals surface area contributed by atoms with E-state index in [0.29, 0.717) is 30.3 Å². The molecule has 21 heavy (non-hydrogen) atoms. The average molecular weight is 295 g/mol. The van der Waals surface area contributed by atoms with Crippen LogP contribution in [-0.4, -0.2) is 36.9 Å². The Morgan fingerprint density at radius 3 is 2.62 bits per heavy atom. The molecule has 1 atom stereocenters. The van der Waals surface area contributed by atoms with Gasteiger partial charge < -0.3 is 19.3 Å². The van der Waals surface area contributed by atoms with Gasteiger partial charge in [0.05, 0.1) is 6.61 Å². The third-order valence-electron chi connectivity index (χ3n) is 4.85. The number of aromatic nitrogens is 2. The Morgan fingerprint density at radius 2 is 2.00 bits per heavy atom. The van der Waals surface area contributed by atoms with E-state index in [1.807, 2.05) is 0 Å². The molecule has 1 unspecified atom stereocenters. The summed E-state index contributed by atoms with van der Waals surface area (Å²) >= 11 is 0. The predicted octanol–water partition coefficient (Wildman–Crippen LogP) is 2.17. The zero-order chi connectivity index (χ0) is 14.9. The molecule has 3 rings (SSSR count). The summed E-state index contributed by atoms with van der Waals surface area (Å²) in [6.07, 6.45) is 3.92. The van der Waals surface area contributed by atoms with E-state index >= 15 is 0 Å². The highest BCUT2D eigenvalue weighted by molar-refractivity contribution is 5.06. The quantitative estimate of drug-likeness (QED) is 0.921. The normalized spacial score (nSPS) is 28.4. The van der Waals surface area contributed by atoms with Gasteiger partial charge in [-0.1, -0.05) is 19.0 Å². The van der Waals surface area contributed by atoms with E-state index in [9.17, 15) is 0 Å². The number of hydrogen-bond donors (Lipinski definition) is 1. The second-order valence-corrected chi connectivity index (χ2v) is 6.88. The van der Waals surface area contributed by atoms with Crippen molar-refractivity contribution in [2.75, 3.05) is 26.8 Å². The largest absolute Gasteiger partial charge is 0.370 e. The standard InChI is InChI=1S/C15H25N3O3/c1-14(2)4-6-15(19-3,7-5-14)13-17-12(21-18-13)11-10-16-8-9-20-11/h11,16H,4-10H2,1-3H3. The van der Waals surface area contributed by atoms with Crippen LogP contribution >= 0.6 is 0 Å². The second kappa shape index (κ2) is 5.66.